The molecule has 0 spiro atoms. The molecule has 1 heterocycles. The number of hydrogen-bond donors (Lipinski definition) is 1. The summed E-state index contributed by atoms with van der Waals surface area (Å²) in [4.78, 5) is 25.9. The van der Waals surface area contributed by atoms with E-state index in [-0.39, 0.29) is 12.3 Å². The summed E-state index contributed by atoms with van der Waals surface area (Å²) in [5.74, 6) is -0.392. The Labute approximate surface area is 201 Å². The molecular formula is C26H21NO4S2. The third-order valence-electron chi connectivity index (χ3n) is 5.03. The van der Waals surface area contributed by atoms with E-state index in [1.54, 1.807) is 30.3 Å². The lowest BCUT2D eigenvalue weighted by molar-refractivity contribution is -0.136. The van der Waals surface area contributed by atoms with Gasteiger partial charge in [-0.2, -0.15) is 0 Å². The summed E-state index contributed by atoms with van der Waals surface area (Å²) < 4.78 is 6.35. The average molecular weight is 476 g/mol. The quantitative estimate of drug-likeness (QED) is 0.354. The zero-order valence-electron chi connectivity index (χ0n) is 17.9. The van der Waals surface area contributed by atoms with E-state index in [2.05, 4.69) is 12.1 Å². The number of carboxylic acids is 1. The van der Waals surface area contributed by atoms with E-state index in [1.165, 1.54) is 22.2 Å². The van der Waals surface area contributed by atoms with Gasteiger partial charge in [-0.1, -0.05) is 78.1 Å². The van der Waals surface area contributed by atoms with Crippen LogP contribution in [-0.4, -0.2) is 21.3 Å². The molecule has 1 aliphatic rings. The summed E-state index contributed by atoms with van der Waals surface area (Å²) in [6.07, 6.45) is 1.73. The van der Waals surface area contributed by atoms with E-state index in [0.717, 1.165) is 11.1 Å². The van der Waals surface area contributed by atoms with Crippen molar-refractivity contribution in [3.05, 3.63) is 100.0 Å². The molecular weight excluding hydrogens is 454 g/mol. The first-order valence-electron chi connectivity index (χ1n) is 10.3. The van der Waals surface area contributed by atoms with Gasteiger partial charge in [0.2, 0.25) is 0 Å². The van der Waals surface area contributed by atoms with Crippen molar-refractivity contribution in [1.82, 2.24) is 0 Å². The Morgan fingerprint density at radius 3 is 2.45 bits per heavy atom. The van der Waals surface area contributed by atoms with Crippen LogP contribution in [0.5, 0.6) is 5.75 Å². The van der Waals surface area contributed by atoms with Crippen molar-refractivity contribution >= 4 is 51.9 Å². The van der Waals surface area contributed by atoms with Crippen molar-refractivity contribution < 1.29 is 19.4 Å². The van der Waals surface area contributed by atoms with Crippen molar-refractivity contribution in [3.63, 3.8) is 0 Å². The van der Waals surface area contributed by atoms with Crippen LogP contribution in [0.3, 0.4) is 0 Å². The van der Waals surface area contributed by atoms with Gasteiger partial charge >= 0.3 is 5.97 Å². The first-order valence-corrected chi connectivity index (χ1v) is 11.5. The van der Waals surface area contributed by atoms with Gasteiger partial charge in [-0.25, -0.2) is 0 Å². The number of benzene rings is 3. The highest BCUT2D eigenvalue weighted by atomic mass is 32.2. The highest BCUT2D eigenvalue weighted by Crippen LogP contribution is 2.36. The largest absolute Gasteiger partial charge is 0.489 e. The van der Waals surface area contributed by atoms with E-state index in [4.69, 9.17) is 22.1 Å². The van der Waals surface area contributed by atoms with Gasteiger partial charge in [0.25, 0.3) is 5.91 Å². The Morgan fingerprint density at radius 1 is 1.06 bits per heavy atom. The Bertz CT molecular complexity index is 1230. The third-order valence-corrected chi connectivity index (χ3v) is 6.33. The van der Waals surface area contributed by atoms with Crippen LogP contribution in [0.25, 0.3) is 6.08 Å². The number of aryl methyl sites for hydroxylation is 1. The minimum atomic E-state index is -0.902. The highest BCUT2D eigenvalue weighted by Gasteiger charge is 2.33. The summed E-state index contributed by atoms with van der Waals surface area (Å²) in [5.41, 5.74) is 4.41. The number of nitrogens with zero attached hydrogens (tertiary/aromatic N) is 1. The molecule has 0 aromatic heterocycles. The second-order valence-corrected chi connectivity index (χ2v) is 9.28. The SMILES string of the molecule is Cc1ccc(COc2cccc(/C=C3\SC(=S)N(c4ccc(CC(=O)O)cc4)C3=O)c2)cc1. The summed E-state index contributed by atoms with van der Waals surface area (Å²) in [6.45, 7) is 2.51. The molecule has 3 aromatic rings. The van der Waals surface area contributed by atoms with Crippen LogP contribution in [0.1, 0.15) is 22.3 Å². The van der Waals surface area contributed by atoms with Crippen LogP contribution in [0.4, 0.5) is 5.69 Å². The number of rotatable bonds is 7. The van der Waals surface area contributed by atoms with Crippen molar-refractivity contribution in [2.45, 2.75) is 20.0 Å². The number of hydrogen-bond acceptors (Lipinski definition) is 5. The number of thioether (sulfide) groups is 1. The molecule has 1 fully saturated rings. The second-order valence-electron chi connectivity index (χ2n) is 7.60. The van der Waals surface area contributed by atoms with Gasteiger partial charge in [-0.05, 0) is 54.0 Å². The van der Waals surface area contributed by atoms with Gasteiger partial charge in [-0.3, -0.25) is 14.5 Å². The molecule has 1 N–H and O–H groups in total. The van der Waals surface area contributed by atoms with Crippen LogP contribution in [-0.2, 0) is 22.6 Å². The minimum Gasteiger partial charge on any atom is -0.489 e. The Kier molecular flexibility index (Phi) is 6.91. The zero-order chi connectivity index (χ0) is 23.4. The lowest BCUT2D eigenvalue weighted by Crippen LogP contribution is -2.27. The predicted molar refractivity (Wildman–Crippen MR) is 135 cm³/mol. The summed E-state index contributed by atoms with van der Waals surface area (Å²) in [5, 5.41) is 8.92. The second kappa shape index (κ2) is 10.0. The summed E-state index contributed by atoms with van der Waals surface area (Å²) >= 11 is 6.67. The topological polar surface area (TPSA) is 66.8 Å². The van der Waals surface area contributed by atoms with E-state index >= 15 is 0 Å². The van der Waals surface area contributed by atoms with Gasteiger partial charge in [0.05, 0.1) is 17.0 Å². The molecule has 3 aromatic carbocycles. The highest BCUT2D eigenvalue weighted by molar-refractivity contribution is 8.27. The van der Waals surface area contributed by atoms with Gasteiger partial charge < -0.3 is 9.84 Å². The lowest BCUT2D eigenvalue weighted by atomic mass is 10.1. The molecule has 33 heavy (non-hydrogen) atoms. The van der Waals surface area contributed by atoms with Crippen LogP contribution in [0, 0.1) is 6.92 Å². The molecule has 1 saturated heterocycles. The molecule has 1 aliphatic heterocycles. The van der Waals surface area contributed by atoms with Gasteiger partial charge in [0, 0.05) is 0 Å². The normalized spacial score (nSPS) is 14.7. The number of amides is 1. The minimum absolute atomic E-state index is 0.0686. The van der Waals surface area contributed by atoms with Crippen molar-refractivity contribution in [3.8, 4) is 5.75 Å². The van der Waals surface area contributed by atoms with Gasteiger partial charge in [0.15, 0.2) is 4.32 Å². The lowest BCUT2D eigenvalue weighted by Gasteiger charge is -2.14. The monoisotopic (exact) mass is 475 g/mol. The fraction of sp³-hybridized carbons (Fsp3) is 0.115. The Hall–Kier alpha value is -3.42. The predicted octanol–water partition coefficient (Wildman–Crippen LogP) is 5.61. The number of ether oxygens (including phenoxy) is 1. The maximum atomic E-state index is 13.0. The molecule has 4 rings (SSSR count). The van der Waals surface area contributed by atoms with Crippen molar-refractivity contribution in [1.29, 1.82) is 0 Å². The number of carbonyl (C=O) groups is 2. The van der Waals surface area contributed by atoms with E-state index in [1.807, 2.05) is 43.3 Å². The summed E-state index contributed by atoms with van der Waals surface area (Å²) in [6, 6.07) is 22.6. The fourth-order valence-electron chi connectivity index (χ4n) is 3.32. The molecule has 5 nitrogen and oxygen atoms in total. The van der Waals surface area contributed by atoms with Gasteiger partial charge in [0.1, 0.15) is 12.4 Å². The Balaban J connectivity index is 1.47. The molecule has 0 radical (unpaired) electrons. The molecule has 166 valence electrons. The molecule has 0 saturated carbocycles. The van der Waals surface area contributed by atoms with Crippen molar-refractivity contribution in [2.75, 3.05) is 4.90 Å². The molecule has 0 unspecified atom stereocenters. The van der Waals surface area contributed by atoms with E-state index in [0.29, 0.717) is 32.8 Å². The number of anilines is 1. The average Bonchev–Trinajstić information content (AvgIpc) is 3.06. The smallest absolute Gasteiger partial charge is 0.307 e. The molecule has 0 aliphatic carbocycles. The number of thiocarbonyl (C=S) groups is 1. The number of carboxylic acid groups (broad SMARTS) is 1. The van der Waals surface area contributed by atoms with Crippen LogP contribution < -0.4 is 9.64 Å². The van der Waals surface area contributed by atoms with Crippen LogP contribution >= 0.6 is 24.0 Å². The number of carbonyl (C=O) groups excluding carboxylic acids is 1. The van der Waals surface area contributed by atoms with E-state index < -0.39 is 5.97 Å². The zero-order valence-corrected chi connectivity index (χ0v) is 19.5. The van der Waals surface area contributed by atoms with Crippen LogP contribution in [0.2, 0.25) is 0 Å². The Morgan fingerprint density at radius 2 is 1.76 bits per heavy atom. The maximum Gasteiger partial charge on any atom is 0.307 e. The molecule has 0 bridgehead atoms. The first kappa shape index (κ1) is 22.8. The van der Waals surface area contributed by atoms with Gasteiger partial charge in [-0.15, -0.1) is 0 Å². The molecule has 7 heteroatoms. The molecule has 1 amide bonds. The first-order chi connectivity index (χ1) is 15.9. The standard InChI is InChI=1S/C26H21NO4S2/c1-17-5-7-19(8-6-17)16-31-22-4-2-3-20(13-22)14-23-25(30)27(26(32)33-23)21-11-9-18(10-12-21)15-24(28)29/h2-14H,15-16H2,1H3,(H,28,29)/b23-14-. The number of aliphatic carboxylic acids is 1. The maximum absolute atomic E-state index is 13.0. The fourth-order valence-corrected chi connectivity index (χ4v) is 4.62. The van der Waals surface area contributed by atoms with Crippen molar-refractivity contribution in [2.24, 2.45) is 0 Å². The molecule has 0 atom stereocenters. The van der Waals surface area contributed by atoms with E-state index in [9.17, 15) is 9.59 Å². The summed E-state index contributed by atoms with van der Waals surface area (Å²) in [7, 11) is 0. The van der Waals surface area contributed by atoms with Crippen LogP contribution in [0.15, 0.2) is 77.7 Å². The third kappa shape index (κ3) is 5.69.